The highest BCUT2D eigenvalue weighted by atomic mass is 35.5. The Labute approximate surface area is 187 Å². The van der Waals surface area contributed by atoms with Gasteiger partial charge in [0.1, 0.15) is 5.78 Å². The van der Waals surface area contributed by atoms with Crippen LogP contribution < -0.4 is 10.2 Å². The standard InChI is InChI=1S/C24H25ClN4O2/c1-18(30)10-4-3-9-15-26-23(31)19-16-27-24(28-17-19)29(20-11-5-2-6-12-20)22-14-8-7-13-21(22)25/h2,5-8,11-14,16-17H,3-4,9-10,15H2,1H3,(H,26,31). The molecule has 0 unspecified atom stereocenters. The summed E-state index contributed by atoms with van der Waals surface area (Å²) in [6.07, 6.45) is 6.19. The minimum Gasteiger partial charge on any atom is -0.352 e. The second-order valence-electron chi connectivity index (χ2n) is 7.16. The highest BCUT2D eigenvalue weighted by Crippen LogP contribution is 2.36. The van der Waals surface area contributed by atoms with Crippen LogP contribution in [0.3, 0.4) is 0 Å². The van der Waals surface area contributed by atoms with E-state index in [1.165, 1.54) is 12.4 Å². The Morgan fingerprint density at radius 2 is 1.61 bits per heavy atom. The monoisotopic (exact) mass is 436 g/mol. The molecule has 0 aliphatic heterocycles. The Hall–Kier alpha value is -3.25. The number of rotatable bonds is 10. The maximum atomic E-state index is 12.4. The van der Waals surface area contributed by atoms with Crippen molar-refractivity contribution in [1.29, 1.82) is 0 Å². The summed E-state index contributed by atoms with van der Waals surface area (Å²) in [6, 6.07) is 17.1. The fraction of sp³-hybridized carbons (Fsp3) is 0.250. The lowest BCUT2D eigenvalue weighted by Gasteiger charge is -2.23. The van der Waals surface area contributed by atoms with Crippen molar-refractivity contribution in [2.45, 2.75) is 32.6 Å². The van der Waals surface area contributed by atoms with Gasteiger partial charge in [0.25, 0.3) is 5.91 Å². The number of unbranched alkanes of at least 4 members (excludes halogenated alkanes) is 2. The first-order valence-electron chi connectivity index (χ1n) is 10.3. The number of Topliss-reactive ketones (excluding diaryl/α,β-unsaturated/α-hetero) is 1. The molecular weight excluding hydrogens is 412 g/mol. The van der Waals surface area contributed by atoms with E-state index >= 15 is 0 Å². The first-order chi connectivity index (χ1) is 15.1. The van der Waals surface area contributed by atoms with E-state index in [0.29, 0.717) is 29.5 Å². The molecule has 6 nitrogen and oxygen atoms in total. The van der Waals surface area contributed by atoms with E-state index in [2.05, 4.69) is 15.3 Å². The predicted octanol–water partition coefficient (Wildman–Crippen LogP) is 5.48. The van der Waals surface area contributed by atoms with E-state index in [-0.39, 0.29) is 11.7 Å². The lowest BCUT2D eigenvalue weighted by Crippen LogP contribution is -2.25. The molecule has 1 N–H and O–H groups in total. The van der Waals surface area contributed by atoms with E-state index in [0.717, 1.165) is 30.6 Å². The smallest absolute Gasteiger partial charge is 0.254 e. The number of nitrogens with one attached hydrogen (secondary N) is 1. The van der Waals surface area contributed by atoms with Gasteiger partial charge in [-0.3, -0.25) is 9.69 Å². The number of hydrogen-bond donors (Lipinski definition) is 1. The van der Waals surface area contributed by atoms with Crippen LogP contribution in [0.2, 0.25) is 5.02 Å². The van der Waals surface area contributed by atoms with Gasteiger partial charge in [-0.2, -0.15) is 0 Å². The summed E-state index contributed by atoms with van der Waals surface area (Å²) in [5, 5.41) is 3.44. The van der Waals surface area contributed by atoms with Crippen LogP contribution in [0, 0.1) is 0 Å². The highest BCUT2D eigenvalue weighted by Gasteiger charge is 2.18. The Morgan fingerprint density at radius 3 is 2.29 bits per heavy atom. The first-order valence-corrected chi connectivity index (χ1v) is 10.6. The third-order valence-corrected chi connectivity index (χ3v) is 5.02. The fourth-order valence-corrected chi connectivity index (χ4v) is 3.33. The third-order valence-electron chi connectivity index (χ3n) is 4.70. The number of amides is 1. The summed E-state index contributed by atoms with van der Waals surface area (Å²) in [5.74, 6) is 0.393. The number of aromatic nitrogens is 2. The van der Waals surface area contributed by atoms with Gasteiger partial charge in [0, 0.05) is 31.0 Å². The second kappa shape index (κ2) is 11.2. The Bertz CT molecular complexity index is 1010. The van der Waals surface area contributed by atoms with Crippen molar-refractivity contribution < 1.29 is 9.59 Å². The molecule has 3 aromatic rings. The first kappa shape index (κ1) is 22.4. The quantitative estimate of drug-likeness (QED) is 0.426. The fourth-order valence-electron chi connectivity index (χ4n) is 3.11. The van der Waals surface area contributed by atoms with Crippen LogP contribution in [0.4, 0.5) is 17.3 Å². The molecule has 3 rings (SSSR count). The number of carbonyl (C=O) groups is 2. The summed E-state index contributed by atoms with van der Waals surface area (Å²) in [7, 11) is 0. The average Bonchev–Trinajstić information content (AvgIpc) is 2.78. The summed E-state index contributed by atoms with van der Waals surface area (Å²) < 4.78 is 0. The number of benzene rings is 2. The van der Waals surface area contributed by atoms with Gasteiger partial charge < -0.3 is 10.1 Å². The largest absolute Gasteiger partial charge is 0.352 e. The molecule has 1 amide bonds. The molecule has 1 heterocycles. The number of para-hydroxylation sites is 2. The topological polar surface area (TPSA) is 75.2 Å². The molecule has 160 valence electrons. The molecule has 0 radical (unpaired) electrons. The minimum atomic E-state index is -0.220. The zero-order valence-electron chi connectivity index (χ0n) is 17.4. The van der Waals surface area contributed by atoms with Crippen LogP contribution in [-0.2, 0) is 4.79 Å². The number of carbonyl (C=O) groups excluding carboxylic acids is 2. The molecule has 0 aliphatic rings. The van der Waals surface area contributed by atoms with Crippen molar-refractivity contribution in [3.63, 3.8) is 0 Å². The van der Waals surface area contributed by atoms with Crippen LogP contribution in [-0.4, -0.2) is 28.2 Å². The maximum absolute atomic E-state index is 12.4. The molecule has 7 heteroatoms. The van der Waals surface area contributed by atoms with Crippen molar-refractivity contribution in [2.24, 2.45) is 0 Å². The molecule has 0 atom stereocenters. The number of ketones is 1. The van der Waals surface area contributed by atoms with Crippen molar-refractivity contribution in [1.82, 2.24) is 15.3 Å². The number of hydrogen-bond acceptors (Lipinski definition) is 5. The van der Waals surface area contributed by atoms with Gasteiger partial charge in [-0.15, -0.1) is 0 Å². The zero-order valence-corrected chi connectivity index (χ0v) is 18.2. The Morgan fingerprint density at radius 1 is 0.935 bits per heavy atom. The van der Waals surface area contributed by atoms with Gasteiger partial charge in [0.05, 0.1) is 16.3 Å². The van der Waals surface area contributed by atoms with Crippen molar-refractivity contribution in [3.8, 4) is 0 Å². The molecule has 1 aromatic heterocycles. The lowest BCUT2D eigenvalue weighted by atomic mass is 10.1. The van der Waals surface area contributed by atoms with Crippen LogP contribution in [0.1, 0.15) is 43.0 Å². The van der Waals surface area contributed by atoms with E-state index in [1.807, 2.05) is 59.5 Å². The van der Waals surface area contributed by atoms with Gasteiger partial charge in [0.2, 0.25) is 5.95 Å². The SMILES string of the molecule is CC(=O)CCCCCNC(=O)c1cnc(N(c2ccccc2)c2ccccc2Cl)nc1. The average molecular weight is 437 g/mol. The molecule has 0 spiro atoms. The summed E-state index contributed by atoms with van der Waals surface area (Å²) in [4.78, 5) is 34.0. The molecule has 0 bridgehead atoms. The van der Waals surface area contributed by atoms with Crippen molar-refractivity contribution in [2.75, 3.05) is 11.4 Å². The zero-order chi connectivity index (χ0) is 22.1. The molecule has 31 heavy (non-hydrogen) atoms. The van der Waals surface area contributed by atoms with Gasteiger partial charge in [0.15, 0.2) is 0 Å². The van der Waals surface area contributed by atoms with Crippen LogP contribution >= 0.6 is 11.6 Å². The van der Waals surface area contributed by atoms with Crippen LogP contribution in [0.25, 0.3) is 0 Å². The highest BCUT2D eigenvalue weighted by molar-refractivity contribution is 6.33. The summed E-state index contributed by atoms with van der Waals surface area (Å²) >= 11 is 6.43. The third kappa shape index (κ3) is 6.36. The van der Waals surface area contributed by atoms with Crippen molar-refractivity contribution >= 4 is 40.6 Å². The van der Waals surface area contributed by atoms with E-state index in [4.69, 9.17) is 11.6 Å². The minimum absolute atomic E-state index is 0.197. The normalized spacial score (nSPS) is 10.5. The molecular formula is C24H25ClN4O2. The van der Waals surface area contributed by atoms with E-state index < -0.39 is 0 Å². The van der Waals surface area contributed by atoms with E-state index in [1.54, 1.807) is 6.92 Å². The maximum Gasteiger partial charge on any atom is 0.254 e. The molecule has 0 saturated carbocycles. The molecule has 2 aromatic carbocycles. The van der Waals surface area contributed by atoms with Gasteiger partial charge in [-0.05, 0) is 44.0 Å². The summed E-state index contributed by atoms with van der Waals surface area (Å²) in [5.41, 5.74) is 2.00. The Balaban J connectivity index is 1.70. The Kier molecular flexibility index (Phi) is 8.12. The van der Waals surface area contributed by atoms with Gasteiger partial charge in [-0.1, -0.05) is 48.4 Å². The van der Waals surface area contributed by atoms with Gasteiger partial charge >= 0.3 is 0 Å². The molecule has 0 saturated heterocycles. The number of anilines is 3. The lowest BCUT2D eigenvalue weighted by molar-refractivity contribution is -0.117. The molecule has 0 fully saturated rings. The van der Waals surface area contributed by atoms with Crippen LogP contribution in [0.5, 0.6) is 0 Å². The predicted molar refractivity (Wildman–Crippen MR) is 123 cm³/mol. The van der Waals surface area contributed by atoms with Crippen molar-refractivity contribution in [3.05, 3.63) is 77.6 Å². The van der Waals surface area contributed by atoms with Gasteiger partial charge in [-0.25, -0.2) is 9.97 Å². The number of halogens is 1. The van der Waals surface area contributed by atoms with E-state index in [9.17, 15) is 9.59 Å². The second-order valence-corrected chi connectivity index (χ2v) is 7.57. The van der Waals surface area contributed by atoms with Crippen LogP contribution in [0.15, 0.2) is 67.0 Å². The summed E-state index contributed by atoms with van der Waals surface area (Å²) in [6.45, 7) is 2.14. The number of nitrogens with zero attached hydrogens (tertiary/aromatic N) is 3. The molecule has 0 aliphatic carbocycles.